The van der Waals surface area contributed by atoms with Crippen molar-refractivity contribution in [2.75, 3.05) is 25.0 Å². The van der Waals surface area contributed by atoms with E-state index in [9.17, 15) is 18.0 Å². The normalized spacial score (nSPS) is 15.8. The zero-order valence-corrected chi connectivity index (χ0v) is 19.7. The molecule has 9 nitrogen and oxygen atoms in total. The third-order valence-corrected chi connectivity index (χ3v) is 6.34. The number of aromatic amines is 1. The number of carboxylic acids is 1. The van der Waals surface area contributed by atoms with Gasteiger partial charge in [0.25, 0.3) is 0 Å². The Morgan fingerprint density at radius 1 is 1.39 bits per heavy atom. The van der Waals surface area contributed by atoms with Crippen LogP contribution in [0, 0.1) is 16.4 Å². The predicted octanol–water partition coefficient (Wildman–Crippen LogP) is 2.74. The minimum atomic E-state index is -5.08. The van der Waals surface area contributed by atoms with Crippen molar-refractivity contribution in [3.8, 4) is 0 Å². The van der Waals surface area contributed by atoms with Crippen LogP contribution in [0.2, 0.25) is 0 Å². The standard InChI is InChI=1S/C18H21IN6O.C2HF3O2/c1-11-13(3-2-4-14(11)19)10-25-16-15(23-18(25)26)9-22-17(24-16)21-8-12-5-6-20-7-12;3-2(4,5)1(6)7/h2-4,9,12,20H,5-8,10H2,1H3,(H,23,26)(H,21,22,24);(H,6,7)/t12-;/m1./s1. The average molecular weight is 578 g/mol. The first kappa shape index (κ1) is 25.0. The van der Waals surface area contributed by atoms with Crippen molar-refractivity contribution in [1.82, 2.24) is 24.8 Å². The number of fused-ring (bicyclic) bond motifs is 1. The van der Waals surface area contributed by atoms with E-state index in [2.05, 4.69) is 67.2 Å². The van der Waals surface area contributed by atoms with Gasteiger partial charge >= 0.3 is 17.8 Å². The highest BCUT2D eigenvalue weighted by atomic mass is 127. The lowest BCUT2D eigenvalue weighted by Gasteiger charge is -2.11. The van der Waals surface area contributed by atoms with E-state index >= 15 is 0 Å². The number of nitrogens with one attached hydrogen (secondary N) is 3. The summed E-state index contributed by atoms with van der Waals surface area (Å²) in [7, 11) is 0. The summed E-state index contributed by atoms with van der Waals surface area (Å²) in [4.78, 5) is 33.1. The monoisotopic (exact) mass is 578 g/mol. The summed E-state index contributed by atoms with van der Waals surface area (Å²) in [5.41, 5.74) is 3.44. The van der Waals surface area contributed by atoms with E-state index in [1.54, 1.807) is 10.8 Å². The molecule has 0 radical (unpaired) electrons. The molecule has 4 rings (SSSR count). The van der Waals surface area contributed by atoms with Gasteiger partial charge in [0.05, 0.1) is 12.7 Å². The molecule has 0 amide bonds. The number of carboxylic acid groups (broad SMARTS) is 1. The lowest BCUT2D eigenvalue weighted by atomic mass is 10.1. The van der Waals surface area contributed by atoms with E-state index in [0.29, 0.717) is 29.6 Å². The van der Waals surface area contributed by atoms with Crippen molar-refractivity contribution in [3.63, 3.8) is 0 Å². The Morgan fingerprint density at radius 3 is 2.76 bits per heavy atom. The lowest BCUT2D eigenvalue weighted by Crippen LogP contribution is -2.21. The number of nitrogens with zero attached hydrogens (tertiary/aromatic N) is 3. The van der Waals surface area contributed by atoms with Crippen molar-refractivity contribution in [2.45, 2.75) is 26.1 Å². The van der Waals surface area contributed by atoms with Crippen LogP contribution >= 0.6 is 22.6 Å². The first-order valence-corrected chi connectivity index (χ1v) is 11.1. The summed E-state index contributed by atoms with van der Waals surface area (Å²) < 4.78 is 34.6. The summed E-state index contributed by atoms with van der Waals surface area (Å²) in [5.74, 6) is -1.60. The van der Waals surface area contributed by atoms with E-state index in [0.717, 1.165) is 31.6 Å². The van der Waals surface area contributed by atoms with Crippen LogP contribution in [-0.2, 0) is 11.3 Å². The molecular weight excluding hydrogens is 556 g/mol. The first-order chi connectivity index (χ1) is 15.6. The van der Waals surface area contributed by atoms with Gasteiger partial charge in [-0.3, -0.25) is 4.57 Å². The highest BCUT2D eigenvalue weighted by Crippen LogP contribution is 2.18. The number of alkyl halides is 3. The zero-order chi connectivity index (χ0) is 24.2. The molecule has 1 fully saturated rings. The summed E-state index contributed by atoms with van der Waals surface area (Å²) in [5, 5.41) is 13.8. The van der Waals surface area contributed by atoms with Crippen molar-refractivity contribution in [2.24, 2.45) is 5.92 Å². The molecule has 3 aromatic rings. The molecule has 4 N–H and O–H groups in total. The second-order valence-corrected chi connectivity index (χ2v) is 8.68. The number of aliphatic carboxylic acids is 1. The first-order valence-electron chi connectivity index (χ1n) is 10.0. The van der Waals surface area contributed by atoms with Gasteiger partial charge in [-0.2, -0.15) is 18.2 Å². The fourth-order valence-electron chi connectivity index (χ4n) is 3.30. The number of anilines is 1. The summed E-state index contributed by atoms with van der Waals surface area (Å²) in [6.07, 6.45) is -2.24. The lowest BCUT2D eigenvalue weighted by molar-refractivity contribution is -0.192. The summed E-state index contributed by atoms with van der Waals surface area (Å²) in [6.45, 7) is 5.50. The van der Waals surface area contributed by atoms with Gasteiger partial charge in [-0.15, -0.1) is 0 Å². The van der Waals surface area contributed by atoms with Crippen LogP contribution in [0.1, 0.15) is 17.5 Å². The second kappa shape index (κ2) is 10.5. The number of aromatic nitrogens is 4. The second-order valence-electron chi connectivity index (χ2n) is 7.51. The average Bonchev–Trinajstić information content (AvgIpc) is 3.37. The molecule has 0 unspecified atom stereocenters. The van der Waals surface area contributed by atoms with E-state index in [-0.39, 0.29) is 5.69 Å². The molecule has 178 valence electrons. The highest BCUT2D eigenvalue weighted by molar-refractivity contribution is 14.1. The number of carbonyl (C=O) groups is 1. The number of hydrogen-bond acceptors (Lipinski definition) is 6. The number of halogens is 4. The Kier molecular flexibility index (Phi) is 7.94. The number of benzene rings is 1. The van der Waals surface area contributed by atoms with E-state index < -0.39 is 12.1 Å². The van der Waals surface area contributed by atoms with Crippen LogP contribution in [-0.4, -0.2) is 56.4 Å². The molecular formula is C20H22F3IN6O3. The topological polar surface area (TPSA) is 125 Å². The Bertz CT molecular complexity index is 1190. The van der Waals surface area contributed by atoms with Gasteiger partial charge in [0, 0.05) is 10.1 Å². The molecule has 0 bridgehead atoms. The minimum absolute atomic E-state index is 0.162. The maximum atomic E-state index is 12.4. The third kappa shape index (κ3) is 6.43. The Balaban J connectivity index is 0.000000383. The summed E-state index contributed by atoms with van der Waals surface area (Å²) >= 11 is 2.32. The Hall–Kier alpha value is -2.68. The fraction of sp³-hybridized carbons (Fsp3) is 0.400. The molecule has 1 atom stereocenters. The summed E-state index contributed by atoms with van der Waals surface area (Å²) in [6, 6.07) is 6.14. The molecule has 3 heterocycles. The van der Waals surface area contributed by atoms with Crippen LogP contribution < -0.4 is 16.3 Å². The van der Waals surface area contributed by atoms with Gasteiger partial charge in [-0.05, 0) is 72.1 Å². The molecule has 1 aliphatic rings. The molecule has 33 heavy (non-hydrogen) atoms. The number of hydrogen-bond donors (Lipinski definition) is 4. The minimum Gasteiger partial charge on any atom is -0.475 e. The van der Waals surface area contributed by atoms with Crippen LogP contribution in [0.4, 0.5) is 19.1 Å². The van der Waals surface area contributed by atoms with Gasteiger partial charge in [0.2, 0.25) is 5.95 Å². The smallest absolute Gasteiger partial charge is 0.475 e. The van der Waals surface area contributed by atoms with Crippen LogP contribution in [0.15, 0.2) is 29.2 Å². The molecule has 0 saturated carbocycles. The maximum absolute atomic E-state index is 12.4. The van der Waals surface area contributed by atoms with Crippen molar-refractivity contribution in [1.29, 1.82) is 0 Å². The Morgan fingerprint density at radius 2 is 2.12 bits per heavy atom. The third-order valence-electron chi connectivity index (χ3n) is 5.17. The van der Waals surface area contributed by atoms with Crippen molar-refractivity contribution < 1.29 is 23.1 Å². The van der Waals surface area contributed by atoms with E-state index in [4.69, 9.17) is 9.90 Å². The van der Waals surface area contributed by atoms with Crippen molar-refractivity contribution in [3.05, 3.63) is 49.6 Å². The molecule has 2 aromatic heterocycles. The molecule has 0 aliphatic carbocycles. The number of imidazole rings is 1. The molecule has 0 spiro atoms. The molecule has 1 aliphatic heterocycles. The van der Waals surface area contributed by atoms with Gasteiger partial charge in [0.1, 0.15) is 5.52 Å². The molecule has 1 aromatic carbocycles. The largest absolute Gasteiger partial charge is 0.490 e. The van der Waals surface area contributed by atoms with Gasteiger partial charge in [0.15, 0.2) is 5.65 Å². The number of H-pyrrole nitrogens is 1. The molecule has 1 saturated heterocycles. The highest BCUT2D eigenvalue weighted by Gasteiger charge is 2.38. The Labute approximate surface area is 200 Å². The molecule has 13 heteroatoms. The predicted molar refractivity (Wildman–Crippen MR) is 124 cm³/mol. The van der Waals surface area contributed by atoms with Crippen LogP contribution in [0.5, 0.6) is 0 Å². The number of rotatable bonds is 5. The van der Waals surface area contributed by atoms with E-state index in [1.165, 1.54) is 9.13 Å². The quantitative estimate of drug-likeness (QED) is 0.344. The maximum Gasteiger partial charge on any atom is 0.490 e. The van der Waals surface area contributed by atoms with Gasteiger partial charge in [-0.25, -0.2) is 14.6 Å². The van der Waals surface area contributed by atoms with Crippen LogP contribution in [0.3, 0.4) is 0 Å². The SMILES string of the molecule is Cc1c(I)cccc1Cn1c(=O)[nH]c2cnc(NC[C@@H]3CCNC3)nc21.O=C(O)C(F)(F)F. The fourth-order valence-corrected chi connectivity index (χ4v) is 3.85. The van der Waals surface area contributed by atoms with Crippen LogP contribution in [0.25, 0.3) is 11.2 Å². The van der Waals surface area contributed by atoms with E-state index in [1.807, 2.05) is 6.07 Å². The van der Waals surface area contributed by atoms with Gasteiger partial charge < -0.3 is 20.7 Å². The van der Waals surface area contributed by atoms with Crippen molar-refractivity contribution >= 4 is 45.7 Å². The van der Waals surface area contributed by atoms with Gasteiger partial charge in [-0.1, -0.05) is 12.1 Å². The zero-order valence-electron chi connectivity index (χ0n) is 17.5.